The van der Waals surface area contributed by atoms with Crippen LogP contribution >= 0.6 is 11.3 Å². The van der Waals surface area contributed by atoms with E-state index in [9.17, 15) is 9.59 Å². The van der Waals surface area contributed by atoms with Gasteiger partial charge in [-0.25, -0.2) is 4.98 Å². The van der Waals surface area contributed by atoms with E-state index in [2.05, 4.69) is 27.3 Å². The monoisotopic (exact) mass is 375 g/mol. The van der Waals surface area contributed by atoms with Crippen LogP contribution in [0.2, 0.25) is 0 Å². The van der Waals surface area contributed by atoms with Crippen LogP contribution in [0.4, 0.5) is 5.13 Å². The van der Waals surface area contributed by atoms with Crippen molar-refractivity contribution in [1.29, 1.82) is 0 Å². The van der Waals surface area contributed by atoms with Crippen molar-refractivity contribution in [1.82, 2.24) is 9.55 Å². The minimum Gasteiger partial charge on any atom is -0.466 e. The molecule has 7 heteroatoms. The summed E-state index contributed by atoms with van der Waals surface area (Å²) in [6, 6.07) is 4.02. The Morgan fingerprint density at radius 3 is 2.69 bits per heavy atom. The van der Waals surface area contributed by atoms with Gasteiger partial charge in [0.2, 0.25) is 5.91 Å². The average molecular weight is 375 g/mol. The van der Waals surface area contributed by atoms with E-state index in [4.69, 9.17) is 4.74 Å². The van der Waals surface area contributed by atoms with E-state index < -0.39 is 0 Å². The lowest BCUT2D eigenvalue weighted by molar-refractivity contribution is -0.142. The van der Waals surface area contributed by atoms with Gasteiger partial charge in [0.15, 0.2) is 5.13 Å². The number of ether oxygens (including phenoxy) is 1. The molecular weight excluding hydrogens is 350 g/mol. The molecule has 1 aliphatic rings. The number of aromatic nitrogens is 2. The molecule has 1 aliphatic carbocycles. The van der Waals surface area contributed by atoms with Crippen molar-refractivity contribution < 1.29 is 14.3 Å². The van der Waals surface area contributed by atoms with Gasteiger partial charge in [-0.05, 0) is 31.9 Å². The predicted octanol–water partition coefficient (Wildman–Crippen LogP) is 3.74. The Labute approximate surface area is 157 Å². The average Bonchev–Trinajstić information content (AvgIpc) is 3.28. The van der Waals surface area contributed by atoms with Crippen molar-refractivity contribution >= 4 is 28.3 Å². The molecule has 0 aromatic carbocycles. The molecule has 1 saturated carbocycles. The topological polar surface area (TPSA) is 73.2 Å². The number of amides is 1. The Morgan fingerprint density at radius 1 is 1.27 bits per heavy atom. The van der Waals surface area contributed by atoms with Gasteiger partial charge in [-0.15, -0.1) is 11.3 Å². The summed E-state index contributed by atoms with van der Waals surface area (Å²) in [7, 11) is 0. The van der Waals surface area contributed by atoms with Crippen LogP contribution in [0.5, 0.6) is 0 Å². The minimum atomic E-state index is -0.301. The van der Waals surface area contributed by atoms with Gasteiger partial charge < -0.3 is 14.6 Å². The lowest BCUT2D eigenvalue weighted by Gasteiger charge is -2.38. The lowest BCUT2D eigenvalue weighted by atomic mass is 9.79. The highest BCUT2D eigenvalue weighted by molar-refractivity contribution is 7.13. The fourth-order valence-corrected chi connectivity index (χ4v) is 4.38. The van der Waals surface area contributed by atoms with Gasteiger partial charge in [0, 0.05) is 17.8 Å². The summed E-state index contributed by atoms with van der Waals surface area (Å²) >= 11 is 1.34. The molecule has 2 aromatic heterocycles. The molecule has 2 heterocycles. The maximum absolute atomic E-state index is 12.7. The Kier molecular flexibility index (Phi) is 6.08. The predicted molar refractivity (Wildman–Crippen MR) is 101 cm³/mol. The molecule has 0 radical (unpaired) electrons. The summed E-state index contributed by atoms with van der Waals surface area (Å²) in [6.45, 7) is 2.13. The van der Waals surface area contributed by atoms with Gasteiger partial charge in [0.25, 0.3) is 0 Å². The first-order valence-electron chi connectivity index (χ1n) is 9.15. The first-order valence-corrected chi connectivity index (χ1v) is 10.0. The molecule has 6 nitrogen and oxygen atoms in total. The van der Waals surface area contributed by atoms with Crippen molar-refractivity contribution in [2.24, 2.45) is 0 Å². The highest BCUT2D eigenvalue weighted by atomic mass is 32.1. The molecule has 140 valence electrons. The highest BCUT2D eigenvalue weighted by Crippen LogP contribution is 2.38. The summed E-state index contributed by atoms with van der Waals surface area (Å²) in [6.07, 6.45) is 10.2. The number of anilines is 1. The van der Waals surface area contributed by atoms with Gasteiger partial charge in [-0.1, -0.05) is 19.3 Å². The van der Waals surface area contributed by atoms with Crippen LogP contribution in [0.1, 0.15) is 51.1 Å². The number of esters is 1. The Morgan fingerprint density at radius 2 is 2.00 bits per heavy atom. The molecule has 0 unspecified atom stereocenters. The molecule has 0 spiro atoms. The van der Waals surface area contributed by atoms with E-state index in [0.717, 1.165) is 25.7 Å². The van der Waals surface area contributed by atoms with Crippen LogP contribution in [0.3, 0.4) is 0 Å². The number of hydrogen-bond donors (Lipinski definition) is 1. The number of nitrogens with zero attached hydrogens (tertiary/aromatic N) is 2. The van der Waals surface area contributed by atoms with E-state index in [1.807, 2.05) is 12.1 Å². The van der Waals surface area contributed by atoms with E-state index in [1.165, 1.54) is 17.8 Å². The number of nitrogens with one attached hydrogen (secondary N) is 1. The summed E-state index contributed by atoms with van der Waals surface area (Å²) in [5, 5.41) is 5.23. The van der Waals surface area contributed by atoms with Crippen LogP contribution in [0, 0.1) is 0 Å². The molecule has 3 rings (SSSR count). The second kappa shape index (κ2) is 8.49. The van der Waals surface area contributed by atoms with E-state index in [-0.39, 0.29) is 23.8 Å². The lowest BCUT2D eigenvalue weighted by Crippen LogP contribution is -2.38. The van der Waals surface area contributed by atoms with E-state index in [1.54, 1.807) is 12.3 Å². The zero-order valence-corrected chi connectivity index (χ0v) is 15.9. The van der Waals surface area contributed by atoms with Crippen molar-refractivity contribution in [2.45, 2.75) is 57.4 Å². The Hall–Kier alpha value is -2.15. The second-order valence-electron chi connectivity index (χ2n) is 6.73. The largest absolute Gasteiger partial charge is 0.466 e. The van der Waals surface area contributed by atoms with Gasteiger partial charge >= 0.3 is 5.97 Å². The molecule has 0 bridgehead atoms. The van der Waals surface area contributed by atoms with Gasteiger partial charge in [0.1, 0.15) is 0 Å². The first-order chi connectivity index (χ1) is 12.6. The van der Waals surface area contributed by atoms with Crippen LogP contribution in [0.25, 0.3) is 0 Å². The molecule has 1 N–H and O–H groups in total. The summed E-state index contributed by atoms with van der Waals surface area (Å²) in [4.78, 5) is 28.5. The van der Waals surface area contributed by atoms with Crippen LogP contribution in [-0.4, -0.2) is 28.0 Å². The summed E-state index contributed by atoms with van der Waals surface area (Å²) in [5.74, 6) is -0.331. The van der Waals surface area contributed by atoms with Crippen molar-refractivity contribution in [3.63, 3.8) is 0 Å². The smallest absolute Gasteiger partial charge is 0.311 e. The third-order valence-corrected chi connectivity index (χ3v) is 5.66. The fraction of sp³-hybridized carbons (Fsp3) is 0.526. The zero-order valence-electron chi connectivity index (χ0n) is 15.1. The number of carbonyl (C=O) groups excluding carboxylic acids is 2. The maximum Gasteiger partial charge on any atom is 0.311 e. The normalized spacial score (nSPS) is 16.2. The molecular formula is C19H25N3O3S. The van der Waals surface area contributed by atoms with Crippen LogP contribution < -0.4 is 5.32 Å². The number of rotatable bonds is 7. The number of thiazole rings is 1. The Balaban J connectivity index is 1.62. The summed E-state index contributed by atoms with van der Waals surface area (Å²) in [5.41, 5.74) is 0.484. The first kappa shape index (κ1) is 18.6. The summed E-state index contributed by atoms with van der Waals surface area (Å²) < 4.78 is 7.12. The maximum atomic E-state index is 12.7. The van der Waals surface area contributed by atoms with Gasteiger partial charge in [-0.2, -0.15) is 0 Å². The molecule has 2 aromatic rings. The van der Waals surface area contributed by atoms with E-state index >= 15 is 0 Å². The Bertz CT molecular complexity index is 733. The standard InChI is InChI=1S/C19H25N3O3S/c1-2-25-17(24)12-15-14-26-18(20-15)21-16(23)13-19(8-4-3-5-9-19)22-10-6-7-11-22/h6-7,10-11,14H,2-5,8-9,12-13H2,1H3,(H,20,21,23). The number of carbonyl (C=O) groups is 2. The third kappa shape index (κ3) is 4.52. The highest BCUT2D eigenvalue weighted by Gasteiger charge is 2.35. The van der Waals surface area contributed by atoms with Gasteiger partial charge in [-0.3, -0.25) is 9.59 Å². The number of hydrogen-bond acceptors (Lipinski definition) is 5. The SMILES string of the molecule is CCOC(=O)Cc1csc(NC(=O)CC2(n3cccc3)CCCCC2)n1. The van der Waals surface area contributed by atoms with E-state index in [0.29, 0.717) is 23.9 Å². The molecule has 26 heavy (non-hydrogen) atoms. The minimum absolute atomic E-state index is 0.0300. The van der Waals surface area contributed by atoms with Crippen LogP contribution in [-0.2, 0) is 26.3 Å². The third-order valence-electron chi connectivity index (χ3n) is 4.85. The molecule has 0 atom stereocenters. The van der Waals surface area contributed by atoms with Crippen LogP contribution in [0.15, 0.2) is 29.9 Å². The van der Waals surface area contributed by atoms with Crippen molar-refractivity contribution in [3.05, 3.63) is 35.6 Å². The molecule has 1 amide bonds. The van der Waals surface area contributed by atoms with Crippen molar-refractivity contribution in [3.8, 4) is 0 Å². The molecule has 0 saturated heterocycles. The van der Waals surface area contributed by atoms with Gasteiger partial charge in [0.05, 0.1) is 30.7 Å². The molecule has 0 aliphatic heterocycles. The second-order valence-corrected chi connectivity index (χ2v) is 7.58. The zero-order chi connectivity index (χ0) is 18.4. The molecule has 1 fully saturated rings. The van der Waals surface area contributed by atoms with Crippen molar-refractivity contribution in [2.75, 3.05) is 11.9 Å². The fourth-order valence-electron chi connectivity index (χ4n) is 3.65. The quantitative estimate of drug-likeness (QED) is 0.748.